The summed E-state index contributed by atoms with van der Waals surface area (Å²) in [5.74, 6) is -1.16. The third-order valence-electron chi connectivity index (χ3n) is 2.79. The molecule has 4 heteroatoms. The van der Waals surface area contributed by atoms with Crippen molar-refractivity contribution < 1.29 is 13.5 Å². The van der Waals surface area contributed by atoms with Gasteiger partial charge in [-0.15, -0.1) is 0 Å². The first-order chi connectivity index (χ1) is 7.07. The number of halogens is 2. The Morgan fingerprint density at radius 2 is 1.87 bits per heavy atom. The van der Waals surface area contributed by atoms with Crippen LogP contribution in [0.2, 0.25) is 0 Å². The molecule has 0 spiro atoms. The van der Waals surface area contributed by atoms with Gasteiger partial charge >= 0.3 is 0 Å². The Kier molecular flexibility index (Phi) is 2.48. The highest BCUT2D eigenvalue weighted by atomic mass is 19.1. The zero-order chi connectivity index (χ0) is 11.1. The number of benzene rings is 1. The lowest BCUT2D eigenvalue weighted by atomic mass is 10.0. The second kappa shape index (κ2) is 3.54. The van der Waals surface area contributed by atoms with E-state index in [9.17, 15) is 8.78 Å². The molecule has 0 amide bonds. The Balaban J connectivity index is 2.38. The molecule has 1 saturated carbocycles. The molecule has 15 heavy (non-hydrogen) atoms. The topological polar surface area (TPSA) is 35.2 Å². The molecule has 2 nitrogen and oxygen atoms in total. The highest BCUT2D eigenvalue weighted by Crippen LogP contribution is 2.43. The van der Waals surface area contributed by atoms with E-state index in [1.165, 1.54) is 19.2 Å². The second-order valence-corrected chi connectivity index (χ2v) is 4.01. The standard InChI is InChI=1S/C11H13F2NO/c1-15-6-8-9(12)4-7(5-10(8)13)11(14)2-3-11/h4-5H,2-3,6,14H2,1H3. The van der Waals surface area contributed by atoms with Crippen LogP contribution in [0.15, 0.2) is 12.1 Å². The minimum Gasteiger partial charge on any atom is -0.380 e. The van der Waals surface area contributed by atoms with Gasteiger partial charge in [-0.05, 0) is 30.5 Å². The van der Waals surface area contributed by atoms with Gasteiger partial charge in [0.2, 0.25) is 0 Å². The Hall–Kier alpha value is -1.00. The number of ether oxygens (including phenoxy) is 1. The quantitative estimate of drug-likeness (QED) is 0.834. The molecule has 1 aromatic carbocycles. The number of nitrogens with two attached hydrogens (primary N) is 1. The molecule has 1 aliphatic carbocycles. The van der Waals surface area contributed by atoms with E-state index < -0.39 is 17.2 Å². The van der Waals surface area contributed by atoms with E-state index in [0.29, 0.717) is 5.56 Å². The Morgan fingerprint density at radius 3 is 2.27 bits per heavy atom. The normalized spacial score (nSPS) is 17.9. The van der Waals surface area contributed by atoms with Crippen molar-refractivity contribution in [2.45, 2.75) is 25.0 Å². The summed E-state index contributed by atoms with van der Waals surface area (Å²) in [5.41, 5.74) is 5.86. The maximum absolute atomic E-state index is 13.5. The van der Waals surface area contributed by atoms with Crippen LogP contribution in [0, 0.1) is 11.6 Å². The number of rotatable bonds is 3. The van der Waals surface area contributed by atoms with Gasteiger partial charge in [0.05, 0.1) is 6.61 Å². The smallest absolute Gasteiger partial charge is 0.132 e. The average molecular weight is 213 g/mol. The molecule has 0 bridgehead atoms. The van der Waals surface area contributed by atoms with Crippen molar-refractivity contribution >= 4 is 0 Å². The SMILES string of the molecule is COCc1c(F)cc(C2(N)CC2)cc1F. The summed E-state index contributed by atoms with van der Waals surface area (Å²) in [6.45, 7) is -0.0600. The van der Waals surface area contributed by atoms with Crippen molar-refractivity contribution in [3.63, 3.8) is 0 Å². The Bertz CT molecular complexity index is 365. The van der Waals surface area contributed by atoms with Gasteiger partial charge in [-0.2, -0.15) is 0 Å². The molecule has 0 aromatic heterocycles. The monoisotopic (exact) mass is 213 g/mol. The van der Waals surface area contributed by atoms with Gasteiger partial charge in [0, 0.05) is 18.2 Å². The summed E-state index contributed by atoms with van der Waals surface area (Å²) in [5, 5.41) is 0. The lowest BCUT2D eigenvalue weighted by Crippen LogP contribution is -2.19. The highest BCUT2D eigenvalue weighted by Gasteiger charge is 2.40. The molecular weight excluding hydrogens is 200 g/mol. The Morgan fingerprint density at radius 1 is 1.33 bits per heavy atom. The molecule has 0 radical (unpaired) electrons. The third-order valence-corrected chi connectivity index (χ3v) is 2.79. The second-order valence-electron chi connectivity index (χ2n) is 4.01. The molecular formula is C11H13F2NO. The summed E-state index contributed by atoms with van der Waals surface area (Å²) in [6, 6.07) is 2.62. The van der Waals surface area contributed by atoms with Crippen LogP contribution in [0.25, 0.3) is 0 Å². The van der Waals surface area contributed by atoms with E-state index in [1.807, 2.05) is 0 Å². The highest BCUT2D eigenvalue weighted by molar-refractivity contribution is 5.34. The summed E-state index contributed by atoms with van der Waals surface area (Å²) in [6.07, 6.45) is 1.57. The van der Waals surface area contributed by atoms with Gasteiger partial charge < -0.3 is 10.5 Å². The van der Waals surface area contributed by atoms with E-state index in [4.69, 9.17) is 10.5 Å². The number of hydrogen-bond acceptors (Lipinski definition) is 2. The average Bonchev–Trinajstić information content (AvgIpc) is 2.91. The zero-order valence-corrected chi connectivity index (χ0v) is 8.52. The molecule has 0 atom stereocenters. The van der Waals surface area contributed by atoms with E-state index in [2.05, 4.69) is 0 Å². The predicted molar refractivity (Wildman–Crippen MR) is 52.2 cm³/mol. The Labute approximate surface area is 87.0 Å². The van der Waals surface area contributed by atoms with Crippen molar-refractivity contribution in [2.24, 2.45) is 5.73 Å². The van der Waals surface area contributed by atoms with E-state index in [-0.39, 0.29) is 12.2 Å². The van der Waals surface area contributed by atoms with E-state index in [1.54, 1.807) is 0 Å². The fourth-order valence-electron chi connectivity index (χ4n) is 1.60. The van der Waals surface area contributed by atoms with Crippen molar-refractivity contribution in [2.75, 3.05) is 7.11 Å². The fraction of sp³-hybridized carbons (Fsp3) is 0.455. The lowest BCUT2D eigenvalue weighted by molar-refractivity contribution is 0.177. The van der Waals surface area contributed by atoms with Crippen molar-refractivity contribution in [3.05, 3.63) is 34.9 Å². The number of hydrogen-bond donors (Lipinski definition) is 1. The van der Waals surface area contributed by atoms with Crippen LogP contribution in [0.4, 0.5) is 8.78 Å². The summed E-state index contributed by atoms with van der Waals surface area (Å²) in [4.78, 5) is 0. The van der Waals surface area contributed by atoms with Gasteiger partial charge in [-0.3, -0.25) is 0 Å². The van der Waals surface area contributed by atoms with Gasteiger partial charge in [-0.1, -0.05) is 0 Å². The summed E-state index contributed by atoms with van der Waals surface area (Å²) >= 11 is 0. The first-order valence-corrected chi connectivity index (χ1v) is 4.83. The van der Waals surface area contributed by atoms with Crippen LogP contribution in [-0.4, -0.2) is 7.11 Å². The third kappa shape index (κ3) is 1.87. The van der Waals surface area contributed by atoms with Crippen LogP contribution < -0.4 is 5.73 Å². The van der Waals surface area contributed by atoms with Crippen LogP contribution >= 0.6 is 0 Å². The molecule has 1 aliphatic rings. The first kappa shape index (κ1) is 10.5. The van der Waals surface area contributed by atoms with Crippen LogP contribution in [0.5, 0.6) is 0 Å². The van der Waals surface area contributed by atoms with E-state index in [0.717, 1.165) is 12.8 Å². The molecule has 0 heterocycles. The molecule has 1 fully saturated rings. The predicted octanol–water partition coefficient (Wildman–Crippen LogP) is 2.06. The molecule has 2 N–H and O–H groups in total. The molecule has 0 saturated heterocycles. The first-order valence-electron chi connectivity index (χ1n) is 4.83. The van der Waals surface area contributed by atoms with Crippen LogP contribution in [-0.2, 0) is 16.9 Å². The maximum atomic E-state index is 13.5. The van der Waals surface area contributed by atoms with Crippen LogP contribution in [0.3, 0.4) is 0 Å². The lowest BCUT2D eigenvalue weighted by Gasteiger charge is -2.12. The van der Waals surface area contributed by atoms with Gasteiger partial charge in [0.25, 0.3) is 0 Å². The minimum atomic E-state index is -0.580. The molecule has 2 rings (SSSR count). The minimum absolute atomic E-state index is 0.0366. The molecule has 1 aromatic rings. The number of methoxy groups -OCH3 is 1. The van der Waals surface area contributed by atoms with Gasteiger partial charge in [0.15, 0.2) is 0 Å². The molecule has 82 valence electrons. The van der Waals surface area contributed by atoms with Gasteiger partial charge in [0.1, 0.15) is 11.6 Å². The zero-order valence-electron chi connectivity index (χ0n) is 8.52. The van der Waals surface area contributed by atoms with Crippen molar-refractivity contribution in [1.29, 1.82) is 0 Å². The van der Waals surface area contributed by atoms with Crippen LogP contribution in [0.1, 0.15) is 24.0 Å². The fourth-order valence-corrected chi connectivity index (χ4v) is 1.60. The summed E-state index contributed by atoms with van der Waals surface area (Å²) in [7, 11) is 1.40. The van der Waals surface area contributed by atoms with Crippen molar-refractivity contribution in [3.8, 4) is 0 Å². The van der Waals surface area contributed by atoms with Gasteiger partial charge in [-0.25, -0.2) is 8.78 Å². The maximum Gasteiger partial charge on any atom is 0.132 e. The van der Waals surface area contributed by atoms with E-state index >= 15 is 0 Å². The van der Waals surface area contributed by atoms with Crippen molar-refractivity contribution in [1.82, 2.24) is 0 Å². The molecule has 0 unspecified atom stereocenters. The largest absolute Gasteiger partial charge is 0.380 e. The molecule has 0 aliphatic heterocycles. The summed E-state index contributed by atoms with van der Waals surface area (Å²) < 4.78 is 31.7.